The number of benzene rings is 9. The Morgan fingerprint density at radius 1 is 0.345 bits per heavy atom. The van der Waals surface area contributed by atoms with Crippen molar-refractivity contribution in [1.82, 2.24) is 19.1 Å². The molecule has 0 saturated carbocycles. The second-order valence-electron chi connectivity index (χ2n) is 15.0. The van der Waals surface area contributed by atoms with Gasteiger partial charge in [0.1, 0.15) is 5.69 Å². The summed E-state index contributed by atoms with van der Waals surface area (Å²) in [5.41, 5.74) is 14.0. The third kappa shape index (κ3) is 4.95. The maximum absolute atomic E-state index is 5.49. The molecule has 0 radical (unpaired) electrons. The Labute approximate surface area is 334 Å². The summed E-state index contributed by atoms with van der Waals surface area (Å²) in [6, 6.07) is 73.7. The number of nitrogens with zero attached hydrogens (tertiary/aromatic N) is 4. The molecule has 58 heavy (non-hydrogen) atoms. The highest BCUT2D eigenvalue weighted by Gasteiger charge is 2.23. The molecule has 3 heterocycles. The lowest BCUT2D eigenvalue weighted by molar-refractivity contribution is 1.08. The molecule has 0 atom stereocenters. The van der Waals surface area contributed by atoms with Gasteiger partial charge >= 0.3 is 0 Å². The fourth-order valence-electron chi connectivity index (χ4n) is 9.10. The molecule has 0 amide bonds. The molecule has 4 heteroatoms. The number of hydrogen-bond donors (Lipinski definition) is 0. The van der Waals surface area contributed by atoms with E-state index >= 15 is 0 Å². The first-order chi connectivity index (χ1) is 28.8. The highest BCUT2D eigenvalue weighted by atomic mass is 15.1. The van der Waals surface area contributed by atoms with Crippen LogP contribution in [0.25, 0.3) is 110 Å². The Morgan fingerprint density at radius 2 is 1.00 bits per heavy atom. The minimum atomic E-state index is 0.807. The second kappa shape index (κ2) is 12.9. The van der Waals surface area contributed by atoms with Crippen LogP contribution in [-0.2, 0) is 0 Å². The molecular formula is C54H34N4. The molecule has 0 spiro atoms. The highest BCUT2D eigenvalue weighted by molar-refractivity contribution is 6.21. The number of hydrogen-bond acceptors (Lipinski definition) is 2. The lowest BCUT2D eigenvalue weighted by Crippen LogP contribution is -2.04. The number of fused-ring (bicyclic) bond motifs is 9. The summed E-state index contributed by atoms with van der Waals surface area (Å²) in [6.45, 7) is 0. The number of aromatic nitrogens is 4. The minimum absolute atomic E-state index is 0.807. The van der Waals surface area contributed by atoms with Crippen LogP contribution in [0.5, 0.6) is 0 Å². The molecule has 4 nitrogen and oxygen atoms in total. The van der Waals surface area contributed by atoms with Gasteiger partial charge in [-0.15, -0.1) is 0 Å². The quantitative estimate of drug-likeness (QED) is 0.176. The van der Waals surface area contributed by atoms with E-state index in [4.69, 9.17) is 9.97 Å². The first-order valence-corrected chi connectivity index (χ1v) is 19.8. The minimum Gasteiger partial charge on any atom is -0.309 e. The fourth-order valence-corrected chi connectivity index (χ4v) is 9.10. The van der Waals surface area contributed by atoms with Crippen molar-refractivity contribution in [2.24, 2.45) is 0 Å². The van der Waals surface area contributed by atoms with Gasteiger partial charge in [-0.25, -0.2) is 9.97 Å². The van der Waals surface area contributed by atoms with E-state index in [1.54, 1.807) is 0 Å². The summed E-state index contributed by atoms with van der Waals surface area (Å²) in [5.74, 6) is 0.807. The fraction of sp³-hybridized carbons (Fsp3) is 0. The van der Waals surface area contributed by atoms with Crippen molar-refractivity contribution >= 4 is 65.4 Å². The predicted molar refractivity (Wildman–Crippen MR) is 242 cm³/mol. The van der Waals surface area contributed by atoms with Crippen molar-refractivity contribution in [3.8, 4) is 45.0 Å². The molecule has 3 aromatic heterocycles. The summed E-state index contributed by atoms with van der Waals surface area (Å²) >= 11 is 0. The van der Waals surface area contributed by atoms with E-state index in [1.165, 1.54) is 54.5 Å². The molecule has 9 aromatic carbocycles. The third-order valence-electron chi connectivity index (χ3n) is 11.7. The van der Waals surface area contributed by atoms with Crippen LogP contribution < -0.4 is 0 Å². The van der Waals surface area contributed by atoms with Gasteiger partial charge in [-0.05, 0) is 82.2 Å². The van der Waals surface area contributed by atoms with E-state index in [0.717, 1.165) is 56.0 Å². The van der Waals surface area contributed by atoms with Gasteiger partial charge < -0.3 is 4.57 Å². The molecule has 0 bridgehead atoms. The number of para-hydroxylation sites is 4. The average Bonchev–Trinajstić information content (AvgIpc) is 3.82. The van der Waals surface area contributed by atoms with Crippen LogP contribution in [0.4, 0.5) is 0 Å². The van der Waals surface area contributed by atoms with Crippen LogP contribution in [0.15, 0.2) is 206 Å². The van der Waals surface area contributed by atoms with Gasteiger partial charge in [-0.1, -0.05) is 152 Å². The van der Waals surface area contributed by atoms with Gasteiger partial charge in [0, 0.05) is 38.2 Å². The van der Waals surface area contributed by atoms with Gasteiger partial charge in [-0.3, -0.25) is 4.57 Å². The summed E-state index contributed by atoms with van der Waals surface area (Å²) in [7, 11) is 0. The van der Waals surface area contributed by atoms with E-state index in [0.29, 0.717) is 0 Å². The normalized spacial score (nSPS) is 11.8. The molecule has 0 N–H and O–H groups in total. The summed E-state index contributed by atoms with van der Waals surface area (Å²) in [4.78, 5) is 10.9. The molecule has 0 fully saturated rings. The van der Waals surface area contributed by atoms with Crippen molar-refractivity contribution in [3.63, 3.8) is 0 Å². The van der Waals surface area contributed by atoms with E-state index in [9.17, 15) is 0 Å². The zero-order chi connectivity index (χ0) is 38.2. The van der Waals surface area contributed by atoms with E-state index in [-0.39, 0.29) is 0 Å². The molecule has 12 rings (SSSR count). The Bertz CT molecular complexity index is 3560. The van der Waals surface area contributed by atoms with Crippen molar-refractivity contribution < 1.29 is 0 Å². The smallest absolute Gasteiger partial charge is 0.165 e. The first-order valence-electron chi connectivity index (χ1n) is 19.8. The Hall–Kier alpha value is -7.82. The SMILES string of the molecule is c1ccc(-c2cccc(-c3nc4ccccc4nc3-n3c4ccc(-c5cccc6c5c5ccccc5n6-c5ccccc5)cc4c4ccc5ccccc5c43)c2)cc1. The molecule has 0 aliphatic heterocycles. The predicted octanol–water partition coefficient (Wildman–Crippen LogP) is 14.0. The van der Waals surface area contributed by atoms with Gasteiger partial charge in [0.15, 0.2) is 5.82 Å². The second-order valence-corrected chi connectivity index (χ2v) is 15.0. The molecular weight excluding hydrogens is 705 g/mol. The van der Waals surface area contributed by atoms with E-state index in [2.05, 4.69) is 203 Å². The maximum Gasteiger partial charge on any atom is 0.165 e. The summed E-state index contributed by atoms with van der Waals surface area (Å²) in [6.07, 6.45) is 0. The van der Waals surface area contributed by atoms with Crippen LogP contribution in [0.3, 0.4) is 0 Å². The molecule has 12 aromatic rings. The van der Waals surface area contributed by atoms with Crippen LogP contribution >= 0.6 is 0 Å². The van der Waals surface area contributed by atoms with Crippen molar-refractivity contribution in [2.45, 2.75) is 0 Å². The Balaban J connectivity index is 1.16. The molecule has 0 unspecified atom stereocenters. The third-order valence-corrected chi connectivity index (χ3v) is 11.7. The first kappa shape index (κ1) is 32.4. The van der Waals surface area contributed by atoms with Crippen LogP contribution in [0.1, 0.15) is 0 Å². The van der Waals surface area contributed by atoms with Crippen LogP contribution in [-0.4, -0.2) is 19.1 Å². The Kier molecular flexibility index (Phi) is 7.20. The monoisotopic (exact) mass is 738 g/mol. The lowest BCUT2D eigenvalue weighted by atomic mass is 9.97. The van der Waals surface area contributed by atoms with Gasteiger partial charge in [0.25, 0.3) is 0 Å². The summed E-state index contributed by atoms with van der Waals surface area (Å²) in [5, 5.41) is 7.18. The Morgan fingerprint density at radius 3 is 1.86 bits per heavy atom. The topological polar surface area (TPSA) is 35.6 Å². The average molecular weight is 739 g/mol. The van der Waals surface area contributed by atoms with Crippen LogP contribution in [0, 0.1) is 0 Å². The van der Waals surface area contributed by atoms with Crippen molar-refractivity contribution in [1.29, 1.82) is 0 Å². The van der Waals surface area contributed by atoms with E-state index < -0.39 is 0 Å². The summed E-state index contributed by atoms with van der Waals surface area (Å²) < 4.78 is 4.75. The van der Waals surface area contributed by atoms with Gasteiger partial charge in [-0.2, -0.15) is 0 Å². The molecule has 0 saturated heterocycles. The molecule has 0 aliphatic carbocycles. The molecule has 0 aliphatic rings. The van der Waals surface area contributed by atoms with Crippen molar-refractivity contribution in [3.05, 3.63) is 206 Å². The molecule has 270 valence electrons. The zero-order valence-electron chi connectivity index (χ0n) is 31.4. The van der Waals surface area contributed by atoms with Crippen molar-refractivity contribution in [2.75, 3.05) is 0 Å². The largest absolute Gasteiger partial charge is 0.309 e. The number of rotatable bonds is 5. The van der Waals surface area contributed by atoms with Gasteiger partial charge in [0.2, 0.25) is 0 Å². The lowest BCUT2D eigenvalue weighted by Gasteiger charge is -2.15. The van der Waals surface area contributed by atoms with Crippen LogP contribution in [0.2, 0.25) is 0 Å². The zero-order valence-corrected chi connectivity index (χ0v) is 31.4. The maximum atomic E-state index is 5.49. The standard InChI is InChI=1S/C54H34N4/c1-3-15-35(16-4-1)37-18-13-19-39(33-37)52-54(56-47-26-11-10-25-46(47)55-52)58-49-32-30-38(34-45(49)43-31-29-36-17-7-8-22-42(36)53(43)58)41-24-14-28-50-51(41)44-23-9-12-27-48(44)57(50)40-20-5-2-6-21-40/h1-34H. The highest BCUT2D eigenvalue weighted by Crippen LogP contribution is 2.43. The van der Waals surface area contributed by atoms with E-state index in [1.807, 2.05) is 12.1 Å². The van der Waals surface area contributed by atoms with Gasteiger partial charge in [0.05, 0.1) is 33.1 Å².